The second-order valence-corrected chi connectivity index (χ2v) is 5.58. The number of aryl methyl sites for hydroxylation is 1. The van der Waals surface area contributed by atoms with Gasteiger partial charge in [0.1, 0.15) is 0 Å². The molecule has 1 aromatic heterocycles. The molecule has 1 aliphatic rings. The Morgan fingerprint density at radius 2 is 2.28 bits per heavy atom. The summed E-state index contributed by atoms with van der Waals surface area (Å²) in [5, 5.41) is 3.65. The topological polar surface area (TPSA) is 29.9 Å². The summed E-state index contributed by atoms with van der Waals surface area (Å²) in [6, 6.07) is 0.631. The second kappa shape index (κ2) is 6.81. The molecule has 1 aromatic rings. The standard InChI is InChI=1S/C15H27N3/c1-3-5-10-18-11-9-16-15(18)17-14-8-6-7-13(4-2)12-14/h9,11,13-14H,3-8,10,12H2,1-2H3,(H,16,17). The largest absolute Gasteiger partial charge is 0.353 e. The van der Waals surface area contributed by atoms with E-state index in [2.05, 4.69) is 34.9 Å². The molecule has 2 unspecified atom stereocenters. The van der Waals surface area contributed by atoms with Crippen LogP contribution in [0.3, 0.4) is 0 Å². The van der Waals surface area contributed by atoms with Gasteiger partial charge in [-0.15, -0.1) is 0 Å². The fourth-order valence-corrected chi connectivity index (χ4v) is 2.93. The highest BCUT2D eigenvalue weighted by atomic mass is 15.2. The number of hydrogen-bond acceptors (Lipinski definition) is 2. The van der Waals surface area contributed by atoms with Gasteiger partial charge in [0, 0.05) is 25.0 Å². The molecule has 1 heterocycles. The van der Waals surface area contributed by atoms with Crippen LogP contribution in [-0.4, -0.2) is 15.6 Å². The van der Waals surface area contributed by atoms with Crippen LogP contribution >= 0.6 is 0 Å². The zero-order valence-electron chi connectivity index (χ0n) is 11.9. The van der Waals surface area contributed by atoms with Gasteiger partial charge in [0.25, 0.3) is 0 Å². The van der Waals surface area contributed by atoms with Crippen LogP contribution in [0, 0.1) is 5.92 Å². The molecule has 3 nitrogen and oxygen atoms in total. The van der Waals surface area contributed by atoms with Gasteiger partial charge < -0.3 is 9.88 Å². The molecule has 2 rings (SSSR count). The summed E-state index contributed by atoms with van der Waals surface area (Å²) in [5.74, 6) is 1.99. The number of hydrogen-bond donors (Lipinski definition) is 1. The van der Waals surface area contributed by atoms with Crippen molar-refractivity contribution in [3.05, 3.63) is 12.4 Å². The van der Waals surface area contributed by atoms with Gasteiger partial charge >= 0.3 is 0 Å². The van der Waals surface area contributed by atoms with E-state index in [-0.39, 0.29) is 0 Å². The Balaban J connectivity index is 1.90. The Bertz CT molecular complexity index is 345. The first-order valence-corrected chi connectivity index (χ1v) is 7.61. The fourth-order valence-electron chi connectivity index (χ4n) is 2.93. The normalized spacial score (nSPS) is 24.1. The molecular weight excluding hydrogens is 222 g/mol. The van der Waals surface area contributed by atoms with Crippen molar-refractivity contribution in [1.29, 1.82) is 0 Å². The molecule has 3 heteroatoms. The number of anilines is 1. The lowest BCUT2D eigenvalue weighted by atomic mass is 9.84. The average molecular weight is 249 g/mol. The molecule has 0 spiro atoms. The Morgan fingerprint density at radius 3 is 3.06 bits per heavy atom. The minimum Gasteiger partial charge on any atom is -0.353 e. The Kier molecular flexibility index (Phi) is 5.09. The van der Waals surface area contributed by atoms with E-state index in [1.165, 1.54) is 44.9 Å². The van der Waals surface area contributed by atoms with Crippen molar-refractivity contribution in [3.63, 3.8) is 0 Å². The maximum Gasteiger partial charge on any atom is 0.202 e. The first-order valence-electron chi connectivity index (χ1n) is 7.61. The Labute approximate surface area is 111 Å². The van der Waals surface area contributed by atoms with Gasteiger partial charge in [-0.1, -0.05) is 39.5 Å². The Hall–Kier alpha value is -0.990. The zero-order chi connectivity index (χ0) is 12.8. The lowest BCUT2D eigenvalue weighted by Crippen LogP contribution is -2.28. The lowest BCUT2D eigenvalue weighted by Gasteiger charge is -2.29. The molecule has 1 N–H and O–H groups in total. The van der Waals surface area contributed by atoms with E-state index in [9.17, 15) is 0 Å². The van der Waals surface area contributed by atoms with Crippen LogP contribution in [0.1, 0.15) is 58.8 Å². The number of unbranched alkanes of at least 4 members (excludes halogenated alkanes) is 1. The van der Waals surface area contributed by atoms with Crippen LogP contribution in [0.25, 0.3) is 0 Å². The van der Waals surface area contributed by atoms with Gasteiger partial charge in [-0.3, -0.25) is 0 Å². The molecule has 2 atom stereocenters. The third-order valence-corrected chi connectivity index (χ3v) is 4.16. The summed E-state index contributed by atoms with van der Waals surface area (Å²) < 4.78 is 2.26. The van der Waals surface area contributed by atoms with Crippen LogP contribution in [0.5, 0.6) is 0 Å². The van der Waals surface area contributed by atoms with Crippen molar-refractivity contribution < 1.29 is 0 Å². The molecule has 1 aliphatic carbocycles. The van der Waals surface area contributed by atoms with Crippen LogP contribution < -0.4 is 5.32 Å². The van der Waals surface area contributed by atoms with Crippen molar-refractivity contribution in [3.8, 4) is 0 Å². The van der Waals surface area contributed by atoms with E-state index in [1.54, 1.807) is 0 Å². The van der Waals surface area contributed by atoms with E-state index in [0.29, 0.717) is 6.04 Å². The predicted molar refractivity (Wildman–Crippen MR) is 76.8 cm³/mol. The summed E-state index contributed by atoms with van der Waals surface area (Å²) in [5.41, 5.74) is 0. The van der Waals surface area contributed by atoms with Crippen LogP contribution in [0.15, 0.2) is 12.4 Å². The fraction of sp³-hybridized carbons (Fsp3) is 0.800. The molecule has 0 aliphatic heterocycles. The molecule has 0 bridgehead atoms. The van der Waals surface area contributed by atoms with Crippen molar-refractivity contribution in [2.24, 2.45) is 5.92 Å². The summed E-state index contributed by atoms with van der Waals surface area (Å²) in [6.45, 7) is 5.63. The van der Waals surface area contributed by atoms with Gasteiger partial charge in [-0.2, -0.15) is 0 Å². The number of aromatic nitrogens is 2. The van der Waals surface area contributed by atoms with Crippen LogP contribution in [0.4, 0.5) is 5.95 Å². The summed E-state index contributed by atoms with van der Waals surface area (Å²) >= 11 is 0. The number of nitrogens with zero attached hydrogens (tertiary/aromatic N) is 2. The van der Waals surface area contributed by atoms with E-state index in [4.69, 9.17) is 0 Å². The zero-order valence-corrected chi connectivity index (χ0v) is 11.9. The minimum absolute atomic E-state index is 0.631. The smallest absolute Gasteiger partial charge is 0.202 e. The molecule has 1 saturated carbocycles. The summed E-state index contributed by atoms with van der Waals surface area (Å²) in [6.07, 6.45) is 13.2. The molecule has 0 radical (unpaired) electrons. The molecule has 102 valence electrons. The average Bonchev–Trinajstić information content (AvgIpc) is 2.84. The van der Waals surface area contributed by atoms with E-state index >= 15 is 0 Å². The summed E-state index contributed by atoms with van der Waals surface area (Å²) in [4.78, 5) is 4.47. The van der Waals surface area contributed by atoms with Gasteiger partial charge in [0.2, 0.25) is 5.95 Å². The molecule has 0 aromatic carbocycles. The van der Waals surface area contributed by atoms with Crippen LogP contribution in [0.2, 0.25) is 0 Å². The highest BCUT2D eigenvalue weighted by Crippen LogP contribution is 2.28. The Morgan fingerprint density at radius 1 is 1.39 bits per heavy atom. The minimum atomic E-state index is 0.631. The molecule has 0 saturated heterocycles. The molecule has 0 amide bonds. The maximum absolute atomic E-state index is 4.47. The van der Waals surface area contributed by atoms with Crippen molar-refractivity contribution in [2.45, 2.75) is 71.4 Å². The predicted octanol–water partition coefficient (Wildman–Crippen LogP) is 4.06. The highest BCUT2D eigenvalue weighted by Gasteiger charge is 2.21. The molecule has 1 fully saturated rings. The number of nitrogens with one attached hydrogen (secondary N) is 1. The van der Waals surface area contributed by atoms with Gasteiger partial charge in [0.15, 0.2) is 0 Å². The first kappa shape index (κ1) is 13.4. The highest BCUT2D eigenvalue weighted by molar-refractivity contribution is 5.27. The quantitative estimate of drug-likeness (QED) is 0.824. The first-order chi connectivity index (χ1) is 8.83. The van der Waals surface area contributed by atoms with Gasteiger partial charge in [-0.05, 0) is 25.2 Å². The van der Waals surface area contributed by atoms with E-state index in [1.807, 2.05) is 6.20 Å². The lowest BCUT2D eigenvalue weighted by molar-refractivity contribution is 0.326. The van der Waals surface area contributed by atoms with E-state index in [0.717, 1.165) is 18.4 Å². The third-order valence-electron chi connectivity index (χ3n) is 4.16. The SMILES string of the molecule is CCCCn1ccnc1NC1CCCC(CC)C1. The van der Waals surface area contributed by atoms with Crippen molar-refractivity contribution >= 4 is 5.95 Å². The molecule has 18 heavy (non-hydrogen) atoms. The second-order valence-electron chi connectivity index (χ2n) is 5.58. The number of imidazole rings is 1. The maximum atomic E-state index is 4.47. The van der Waals surface area contributed by atoms with Crippen LogP contribution in [-0.2, 0) is 6.54 Å². The van der Waals surface area contributed by atoms with Gasteiger partial charge in [-0.25, -0.2) is 4.98 Å². The monoisotopic (exact) mass is 249 g/mol. The van der Waals surface area contributed by atoms with E-state index < -0.39 is 0 Å². The number of rotatable bonds is 6. The third kappa shape index (κ3) is 3.50. The van der Waals surface area contributed by atoms with Crippen molar-refractivity contribution in [1.82, 2.24) is 9.55 Å². The van der Waals surface area contributed by atoms with Crippen molar-refractivity contribution in [2.75, 3.05) is 5.32 Å². The van der Waals surface area contributed by atoms with Gasteiger partial charge in [0.05, 0.1) is 0 Å². The summed E-state index contributed by atoms with van der Waals surface area (Å²) in [7, 11) is 0. The molecular formula is C15H27N3.